The summed E-state index contributed by atoms with van der Waals surface area (Å²) in [5.74, 6) is 1.29. The van der Waals surface area contributed by atoms with Crippen molar-refractivity contribution in [3.63, 3.8) is 0 Å². The zero-order chi connectivity index (χ0) is 23.6. The molecule has 172 valence electrons. The van der Waals surface area contributed by atoms with Crippen LogP contribution in [0.1, 0.15) is 69.2 Å². The lowest BCUT2D eigenvalue weighted by atomic mass is 10.1. The number of amides is 1. The number of likely N-dealkylation sites (tertiary alicyclic amines) is 1. The van der Waals surface area contributed by atoms with Gasteiger partial charge in [0.25, 0.3) is 5.91 Å². The van der Waals surface area contributed by atoms with E-state index >= 15 is 0 Å². The predicted octanol–water partition coefficient (Wildman–Crippen LogP) is 6.63. The normalized spacial score (nSPS) is 18.3. The van der Waals surface area contributed by atoms with Gasteiger partial charge in [0, 0.05) is 12.5 Å². The van der Waals surface area contributed by atoms with Crippen LogP contribution in [-0.4, -0.2) is 32.3 Å². The molecule has 2 aliphatic rings. The van der Waals surface area contributed by atoms with Crippen molar-refractivity contribution in [2.75, 3.05) is 6.54 Å². The lowest BCUT2D eigenvalue weighted by Crippen LogP contribution is -2.31. The molecular formula is C28H28N4OS. The fourth-order valence-electron chi connectivity index (χ4n) is 4.81. The van der Waals surface area contributed by atoms with Crippen LogP contribution in [0.2, 0.25) is 0 Å². The number of aromatic nitrogens is 3. The van der Waals surface area contributed by atoms with Crippen molar-refractivity contribution in [3.8, 4) is 10.4 Å². The maximum atomic E-state index is 14.0. The van der Waals surface area contributed by atoms with Gasteiger partial charge in [-0.2, -0.15) is 0 Å². The number of benzene rings is 2. The molecule has 6 rings (SSSR count). The number of nitrogens with one attached hydrogen (secondary N) is 1. The fourth-order valence-corrected chi connectivity index (χ4v) is 6.03. The molecule has 4 aromatic rings. The quantitative estimate of drug-likeness (QED) is 0.342. The number of aromatic amines is 1. The number of carbonyl (C=O) groups excluding carboxylic acids is 1. The van der Waals surface area contributed by atoms with E-state index in [2.05, 4.69) is 62.7 Å². The van der Waals surface area contributed by atoms with E-state index in [1.165, 1.54) is 16.7 Å². The van der Waals surface area contributed by atoms with Gasteiger partial charge in [0.2, 0.25) is 0 Å². The maximum Gasteiger partial charge on any atom is 0.274 e. The Morgan fingerprint density at radius 2 is 1.91 bits per heavy atom. The number of hydrogen-bond donors (Lipinski definition) is 1. The van der Waals surface area contributed by atoms with Crippen molar-refractivity contribution >= 4 is 28.3 Å². The largest absolute Gasteiger partial charge is 0.340 e. The summed E-state index contributed by atoms with van der Waals surface area (Å²) in [5, 5.41) is 1.09. The van der Waals surface area contributed by atoms with E-state index in [-0.39, 0.29) is 11.9 Å². The Labute approximate surface area is 203 Å². The minimum absolute atomic E-state index is 0.0314. The molecule has 1 unspecified atom stereocenters. The molecule has 1 saturated carbocycles. The summed E-state index contributed by atoms with van der Waals surface area (Å²) in [6.45, 7) is 11.0. The number of imidazole rings is 1. The van der Waals surface area contributed by atoms with E-state index in [9.17, 15) is 4.79 Å². The van der Waals surface area contributed by atoms with E-state index in [0.717, 1.165) is 50.7 Å². The van der Waals surface area contributed by atoms with Gasteiger partial charge in [0.05, 0.1) is 27.0 Å². The van der Waals surface area contributed by atoms with Crippen LogP contribution in [0, 0.1) is 20.8 Å². The van der Waals surface area contributed by atoms with Crippen molar-refractivity contribution in [3.05, 3.63) is 81.8 Å². The van der Waals surface area contributed by atoms with E-state index in [1.807, 2.05) is 11.0 Å². The smallest absolute Gasteiger partial charge is 0.274 e. The van der Waals surface area contributed by atoms with Gasteiger partial charge >= 0.3 is 0 Å². The standard InChI is InChI=1S/C28H28N4OS/c1-15-6-5-7-20(10-15)25-24(31-27(34-25)19-8-9-19)28(33)32-14-16(2)11-23(32)26-29-21-12-17(3)18(4)13-22(21)30-26/h5-7,10,12-13,19,23H,2,8-9,11,14H2,1,3-4H3,(H,29,30). The van der Waals surface area contributed by atoms with Gasteiger partial charge in [-0.3, -0.25) is 4.79 Å². The third-order valence-electron chi connectivity index (χ3n) is 7.00. The number of H-pyrrole nitrogens is 1. The fraction of sp³-hybridized carbons (Fsp3) is 0.321. The number of thiazole rings is 1. The maximum absolute atomic E-state index is 14.0. The Balaban J connectivity index is 1.40. The molecule has 0 spiro atoms. The number of aryl methyl sites for hydroxylation is 3. The highest BCUT2D eigenvalue weighted by atomic mass is 32.1. The Bertz CT molecular complexity index is 1420. The van der Waals surface area contributed by atoms with E-state index < -0.39 is 0 Å². The molecule has 1 amide bonds. The van der Waals surface area contributed by atoms with Gasteiger partial charge in [-0.15, -0.1) is 11.3 Å². The Morgan fingerprint density at radius 1 is 1.12 bits per heavy atom. The molecular weight excluding hydrogens is 440 g/mol. The second kappa shape index (κ2) is 7.91. The first-order chi connectivity index (χ1) is 16.4. The molecule has 2 fully saturated rings. The van der Waals surface area contributed by atoms with Crippen molar-refractivity contribution < 1.29 is 4.79 Å². The molecule has 0 bridgehead atoms. The van der Waals surface area contributed by atoms with Crippen LogP contribution in [-0.2, 0) is 0 Å². The Morgan fingerprint density at radius 3 is 2.68 bits per heavy atom. The SMILES string of the molecule is C=C1CC(c2nc3cc(C)c(C)cc3[nH]2)N(C(=O)c2nc(C3CC3)sc2-c2cccc(C)c2)C1. The lowest BCUT2D eigenvalue weighted by molar-refractivity contribution is 0.0728. The first-order valence-corrected chi connectivity index (χ1v) is 12.7. The predicted molar refractivity (Wildman–Crippen MR) is 137 cm³/mol. The second-order valence-electron chi connectivity index (χ2n) is 9.85. The first kappa shape index (κ1) is 21.3. The van der Waals surface area contributed by atoms with Crippen LogP contribution in [0.3, 0.4) is 0 Å². The highest BCUT2D eigenvalue weighted by Crippen LogP contribution is 2.46. The summed E-state index contributed by atoms with van der Waals surface area (Å²) < 4.78 is 0. The van der Waals surface area contributed by atoms with Crippen LogP contribution in [0.15, 0.2) is 48.6 Å². The van der Waals surface area contributed by atoms with Crippen molar-refractivity contribution in [1.82, 2.24) is 19.9 Å². The zero-order valence-corrected chi connectivity index (χ0v) is 20.6. The first-order valence-electron chi connectivity index (χ1n) is 11.9. The Hall–Kier alpha value is -3.25. The molecule has 1 atom stereocenters. The summed E-state index contributed by atoms with van der Waals surface area (Å²) >= 11 is 1.68. The van der Waals surface area contributed by atoms with Crippen LogP contribution in [0.5, 0.6) is 0 Å². The topological polar surface area (TPSA) is 61.9 Å². The van der Waals surface area contributed by atoms with Gasteiger partial charge < -0.3 is 9.88 Å². The summed E-state index contributed by atoms with van der Waals surface area (Å²) in [6, 6.07) is 12.4. The molecule has 2 aromatic carbocycles. The average Bonchev–Trinajstić information content (AvgIpc) is 3.24. The van der Waals surface area contributed by atoms with Crippen LogP contribution in [0.4, 0.5) is 0 Å². The highest BCUT2D eigenvalue weighted by molar-refractivity contribution is 7.15. The number of carbonyl (C=O) groups is 1. The second-order valence-corrected chi connectivity index (χ2v) is 10.9. The molecule has 1 N–H and O–H groups in total. The van der Waals surface area contributed by atoms with Crippen molar-refractivity contribution in [2.45, 2.75) is 52.0 Å². The highest BCUT2D eigenvalue weighted by Gasteiger charge is 2.38. The Kier molecular flexibility index (Phi) is 4.96. The summed E-state index contributed by atoms with van der Waals surface area (Å²) in [7, 11) is 0. The van der Waals surface area contributed by atoms with Crippen molar-refractivity contribution in [2.24, 2.45) is 0 Å². The molecule has 34 heavy (non-hydrogen) atoms. The molecule has 5 nitrogen and oxygen atoms in total. The van der Waals surface area contributed by atoms with Gasteiger partial charge in [-0.05, 0) is 68.9 Å². The van der Waals surface area contributed by atoms with Crippen LogP contribution in [0.25, 0.3) is 21.5 Å². The summed E-state index contributed by atoms with van der Waals surface area (Å²) in [5.41, 5.74) is 8.24. The monoisotopic (exact) mass is 468 g/mol. The van der Waals surface area contributed by atoms with E-state index in [1.54, 1.807) is 11.3 Å². The third kappa shape index (κ3) is 3.66. The summed E-state index contributed by atoms with van der Waals surface area (Å²) in [4.78, 5) is 30.2. The van der Waals surface area contributed by atoms with Crippen LogP contribution >= 0.6 is 11.3 Å². The van der Waals surface area contributed by atoms with Gasteiger partial charge in [-0.25, -0.2) is 9.97 Å². The average molecular weight is 469 g/mol. The van der Waals surface area contributed by atoms with Gasteiger partial charge in [0.15, 0.2) is 0 Å². The molecule has 1 aliphatic heterocycles. The minimum atomic E-state index is -0.163. The number of nitrogens with zero attached hydrogens (tertiary/aromatic N) is 3. The molecule has 1 aliphatic carbocycles. The van der Waals surface area contributed by atoms with Crippen molar-refractivity contribution in [1.29, 1.82) is 0 Å². The molecule has 3 heterocycles. The van der Waals surface area contributed by atoms with Gasteiger partial charge in [-0.1, -0.05) is 42.0 Å². The molecule has 0 radical (unpaired) electrons. The third-order valence-corrected chi connectivity index (χ3v) is 8.26. The molecule has 1 saturated heterocycles. The number of rotatable bonds is 4. The molecule has 2 aromatic heterocycles. The molecule has 6 heteroatoms. The number of hydrogen-bond acceptors (Lipinski definition) is 4. The zero-order valence-electron chi connectivity index (χ0n) is 19.8. The lowest BCUT2D eigenvalue weighted by Gasteiger charge is -2.22. The minimum Gasteiger partial charge on any atom is -0.340 e. The van der Waals surface area contributed by atoms with E-state index in [4.69, 9.17) is 9.97 Å². The van der Waals surface area contributed by atoms with Crippen LogP contribution < -0.4 is 0 Å². The summed E-state index contributed by atoms with van der Waals surface area (Å²) in [6.07, 6.45) is 3.04. The van der Waals surface area contributed by atoms with Gasteiger partial charge in [0.1, 0.15) is 11.5 Å². The van der Waals surface area contributed by atoms with E-state index in [0.29, 0.717) is 24.6 Å². The number of fused-ring (bicyclic) bond motifs is 1.